The van der Waals surface area contributed by atoms with Crippen LogP contribution in [0.1, 0.15) is 87.5 Å². The topological polar surface area (TPSA) is 59.6 Å². The number of rotatable bonds is 5. The molecule has 152 valence electrons. The van der Waals surface area contributed by atoms with Gasteiger partial charge in [-0.3, -0.25) is 4.79 Å². The largest absolute Gasteiger partial charge is 0.462 e. The van der Waals surface area contributed by atoms with Gasteiger partial charge in [0.1, 0.15) is 6.10 Å². The third-order valence-electron chi connectivity index (χ3n) is 5.26. The fourth-order valence-electron chi connectivity index (χ4n) is 5.21. The average molecular weight is 369 g/mol. The first kappa shape index (κ1) is 21.6. The van der Waals surface area contributed by atoms with Crippen LogP contribution in [0.4, 0.5) is 0 Å². The summed E-state index contributed by atoms with van der Waals surface area (Å²) in [5.74, 6) is -0.143. The van der Waals surface area contributed by atoms with Gasteiger partial charge in [0.15, 0.2) is 0 Å². The molecule has 0 aromatic rings. The molecule has 0 atom stereocenters. The van der Waals surface area contributed by atoms with Crippen LogP contribution in [0.25, 0.3) is 0 Å². The van der Waals surface area contributed by atoms with E-state index in [0.717, 1.165) is 25.7 Å². The number of hydrogen-bond acceptors (Lipinski definition) is 5. The van der Waals surface area contributed by atoms with E-state index < -0.39 is 0 Å². The van der Waals surface area contributed by atoms with Crippen molar-refractivity contribution in [2.75, 3.05) is 6.61 Å². The van der Waals surface area contributed by atoms with Gasteiger partial charge < -0.3 is 20.1 Å². The highest BCUT2D eigenvalue weighted by Gasteiger charge is 2.40. The van der Waals surface area contributed by atoms with Gasteiger partial charge in [0.05, 0.1) is 19.1 Å². The van der Waals surface area contributed by atoms with Crippen molar-refractivity contribution < 1.29 is 14.3 Å². The second kappa shape index (κ2) is 7.40. The quantitative estimate of drug-likeness (QED) is 0.727. The normalized spacial score (nSPS) is 27.8. The Balaban J connectivity index is 1.77. The molecule has 5 nitrogen and oxygen atoms in total. The zero-order valence-corrected chi connectivity index (χ0v) is 18.1. The van der Waals surface area contributed by atoms with E-state index in [2.05, 4.69) is 66.0 Å². The summed E-state index contributed by atoms with van der Waals surface area (Å²) in [4.78, 5) is 12.3. The molecule has 2 rings (SSSR count). The van der Waals surface area contributed by atoms with Gasteiger partial charge in [0, 0.05) is 35.0 Å². The third-order valence-corrected chi connectivity index (χ3v) is 5.26. The lowest BCUT2D eigenvalue weighted by molar-refractivity contribution is -0.155. The van der Waals surface area contributed by atoms with Gasteiger partial charge in [-0.05, 0) is 68.2 Å². The van der Waals surface area contributed by atoms with E-state index in [1.54, 1.807) is 0 Å². The molecule has 0 saturated carbocycles. The van der Waals surface area contributed by atoms with Crippen molar-refractivity contribution >= 4 is 5.97 Å². The summed E-state index contributed by atoms with van der Waals surface area (Å²) in [7, 11) is 0. The standard InChI is InChI=1S/C21H40N2O3/c1-18(2)11-15(12-19(3,4)22-18)25-10-9-17(24)26-16-13-20(5,6)23-21(7,8)14-16/h15-16,22-23H,9-14H2,1-8H3. The Labute approximate surface area is 160 Å². The Bertz CT molecular complexity index is 479. The monoisotopic (exact) mass is 368 g/mol. The minimum atomic E-state index is -0.143. The summed E-state index contributed by atoms with van der Waals surface area (Å²) >= 11 is 0. The molecule has 0 unspecified atom stereocenters. The molecule has 26 heavy (non-hydrogen) atoms. The van der Waals surface area contributed by atoms with Gasteiger partial charge in [0.25, 0.3) is 0 Å². The van der Waals surface area contributed by atoms with Gasteiger partial charge in [0.2, 0.25) is 0 Å². The van der Waals surface area contributed by atoms with Gasteiger partial charge in [-0.2, -0.15) is 0 Å². The predicted molar refractivity (Wildman–Crippen MR) is 105 cm³/mol. The Morgan fingerprint density at radius 3 is 1.58 bits per heavy atom. The maximum Gasteiger partial charge on any atom is 0.308 e. The minimum absolute atomic E-state index is 0.0184. The van der Waals surface area contributed by atoms with Crippen LogP contribution in [-0.4, -0.2) is 46.9 Å². The van der Waals surface area contributed by atoms with Crippen molar-refractivity contribution in [1.82, 2.24) is 10.6 Å². The Morgan fingerprint density at radius 2 is 1.15 bits per heavy atom. The van der Waals surface area contributed by atoms with Gasteiger partial charge in [-0.15, -0.1) is 0 Å². The summed E-state index contributed by atoms with van der Waals surface area (Å²) in [6.45, 7) is 17.9. The highest BCUT2D eigenvalue weighted by Crippen LogP contribution is 2.31. The predicted octanol–water partition coefficient (Wildman–Crippen LogP) is 3.55. The van der Waals surface area contributed by atoms with Crippen LogP contribution in [0.5, 0.6) is 0 Å². The first-order chi connectivity index (χ1) is 11.7. The summed E-state index contributed by atoms with van der Waals surface area (Å²) in [5.41, 5.74) is 0.0727. The second-order valence-electron chi connectivity index (χ2n) is 11.0. The summed E-state index contributed by atoms with van der Waals surface area (Å²) in [6, 6.07) is 0. The molecule has 0 bridgehead atoms. The molecule has 5 heteroatoms. The van der Waals surface area contributed by atoms with Crippen molar-refractivity contribution in [3.63, 3.8) is 0 Å². The second-order valence-corrected chi connectivity index (χ2v) is 11.0. The van der Waals surface area contributed by atoms with Crippen LogP contribution >= 0.6 is 0 Å². The molecule has 0 aromatic heterocycles. The lowest BCUT2D eigenvalue weighted by Gasteiger charge is -2.46. The Morgan fingerprint density at radius 1 is 0.769 bits per heavy atom. The molecule has 0 aromatic carbocycles. The molecule has 2 saturated heterocycles. The Kier molecular flexibility index (Phi) is 6.16. The minimum Gasteiger partial charge on any atom is -0.462 e. The first-order valence-corrected chi connectivity index (χ1v) is 10.1. The van der Waals surface area contributed by atoms with Crippen molar-refractivity contribution in [2.45, 2.75) is 122 Å². The molecular weight excluding hydrogens is 328 g/mol. The molecular formula is C21H40N2O3. The average Bonchev–Trinajstić information content (AvgIpc) is 2.29. The number of carbonyl (C=O) groups excluding carboxylic acids is 1. The number of hydrogen-bond donors (Lipinski definition) is 2. The molecule has 2 heterocycles. The highest BCUT2D eigenvalue weighted by molar-refractivity contribution is 5.69. The number of carbonyl (C=O) groups is 1. The van der Waals surface area contributed by atoms with E-state index in [1.807, 2.05) is 0 Å². The van der Waals surface area contributed by atoms with Crippen LogP contribution in [0.15, 0.2) is 0 Å². The fraction of sp³-hybridized carbons (Fsp3) is 0.952. The molecule has 2 aliphatic rings. The zero-order chi connectivity index (χ0) is 19.8. The molecule has 2 N–H and O–H groups in total. The number of esters is 1. The van der Waals surface area contributed by atoms with Crippen LogP contribution in [0.3, 0.4) is 0 Å². The van der Waals surface area contributed by atoms with E-state index in [1.165, 1.54) is 0 Å². The van der Waals surface area contributed by atoms with E-state index in [4.69, 9.17) is 9.47 Å². The molecule has 2 aliphatic heterocycles. The number of ether oxygens (including phenoxy) is 2. The van der Waals surface area contributed by atoms with E-state index in [-0.39, 0.29) is 40.3 Å². The van der Waals surface area contributed by atoms with Crippen molar-refractivity contribution in [3.05, 3.63) is 0 Å². The lowest BCUT2D eigenvalue weighted by Crippen LogP contribution is -2.59. The SMILES string of the molecule is CC1(C)CC(OCCC(=O)OC2CC(C)(C)NC(C)(C)C2)CC(C)(C)N1. The van der Waals surface area contributed by atoms with E-state index in [9.17, 15) is 4.79 Å². The molecule has 2 fully saturated rings. The fourth-order valence-corrected chi connectivity index (χ4v) is 5.21. The van der Waals surface area contributed by atoms with Gasteiger partial charge in [-0.25, -0.2) is 0 Å². The van der Waals surface area contributed by atoms with Gasteiger partial charge in [-0.1, -0.05) is 0 Å². The third kappa shape index (κ3) is 6.82. The zero-order valence-electron chi connectivity index (χ0n) is 18.1. The smallest absolute Gasteiger partial charge is 0.308 e. The summed E-state index contributed by atoms with van der Waals surface area (Å²) in [5, 5.41) is 7.27. The Hall–Kier alpha value is -0.650. The van der Waals surface area contributed by atoms with Crippen molar-refractivity contribution in [3.8, 4) is 0 Å². The van der Waals surface area contributed by atoms with Crippen molar-refractivity contribution in [1.29, 1.82) is 0 Å². The maximum atomic E-state index is 12.3. The van der Waals surface area contributed by atoms with Gasteiger partial charge >= 0.3 is 5.97 Å². The molecule has 0 radical (unpaired) electrons. The molecule has 0 aliphatic carbocycles. The van der Waals surface area contributed by atoms with Crippen LogP contribution in [0.2, 0.25) is 0 Å². The number of nitrogens with one attached hydrogen (secondary N) is 2. The molecule has 0 amide bonds. The summed E-state index contributed by atoms with van der Waals surface area (Å²) < 4.78 is 11.8. The van der Waals surface area contributed by atoms with Crippen LogP contribution in [0, 0.1) is 0 Å². The lowest BCUT2D eigenvalue weighted by atomic mass is 9.81. The maximum absolute atomic E-state index is 12.3. The summed E-state index contributed by atoms with van der Waals surface area (Å²) in [6.07, 6.45) is 4.11. The highest BCUT2D eigenvalue weighted by atomic mass is 16.5. The first-order valence-electron chi connectivity index (χ1n) is 10.1. The molecule has 0 spiro atoms. The van der Waals surface area contributed by atoms with Crippen LogP contribution in [-0.2, 0) is 14.3 Å². The van der Waals surface area contributed by atoms with Crippen LogP contribution < -0.4 is 10.6 Å². The van der Waals surface area contributed by atoms with E-state index >= 15 is 0 Å². The van der Waals surface area contributed by atoms with E-state index in [0.29, 0.717) is 13.0 Å². The van der Waals surface area contributed by atoms with Crippen molar-refractivity contribution in [2.24, 2.45) is 0 Å². The number of piperidine rings is 2.